The minimum Gasteiger partial charge on any atom is -0.592 e. The van der Waals surface area contributed by atoms with Crippen LogP contribution in [-0.4, -0.2) is 41.3 Å². The molecule has 0 saturated carbocycles. The van der Waals surface area contributed by atoms with E-state index in [1.165, 1.54) is 185 Å². The van der Waals surface area contributed by atoms with E-state index in [0.717, 1.165) is 69.2 Å². The summed E-state index contributed by atoms with van der Waals surface area (Å²) in [6.45, 7) is 51.3. The van der Waals surface area contributed by atoms with Gasteiger partial charge in [-0.15, -0.1) is 68.7 Å². The Morgan fingerprint density at radius 3 is 1.09 bits per heavy atom. The molecule has 0 N–H and O–H groups in total. The van der Waals surface area contributed by atoms with E-state index in [-0.39, 0.29) is 118 Å². The van der Waals surface area contributed by atoms with Gasteiger partial charge in [-0.3, -0.25) is 11.3 Å². The van der Waals surface area contributed by atoms with Crippen LogP contribution in [0.3, 0.4) is 0 Å². The average molecular weight is 2140 g/mol. The molecule has 3 aliphatic carbocycles. The maximum atomic E-state index is 6.27. The summed E-state index contributed by atoms with van der Waals surface area (Å²) in [5.74, 6) is 0.868. The average Bonchev–Trinajstić information content (AvgIpc) is 1.56. The molecule has 5 nitrogen and oxygen atoms in total. The van der Waals surface area contributed by atoms with Crippen molar-refractivity contribution in [1.29, 1.82) is 0 Å². The van der Waals surface area contributed by atoms with Gasteiger partial charge in [0.1, 0.15) is 5.58 Å². The number of anilines is 6. The summed E-state index contributed by atoms with van der Waals surface area (Å²) in [4.78, 5) is 6.69. The van der Waals surface area contributed by atoms with E-state index >= 15 is 0 Å². The van der Waals surface area contributed by atoms with Gasteiger partial charge in [0.05, 0.1) is 5.00 Å². The molecule has 6 aliphatic rings. The molecule has 737 valence electrons. The summed E-state index contributed by atoms with van der Waals surface area (Å²) in [5, 5.41) is 9.82. The number of nitrogens with zero attached hydrogens (tertiary/aromatic N) is 3. The summed E-state index contributed by atoms with van der Waals surface area (Å²) in [7, 11) is 6.34. The van der Waals surface area contributed by atoms with Crippen LogP contribution in [0.1, 0.15) is 277 Å². The first-order chi connectivity index (χ1) is 67.4. The fourth-order valence-electron chi connectivity index (χ4n) is 15.3. The molecule has 3 radical (unpaired) electrons. The van der Waals surface area contributed by atoms with Gasteiger partial charge in [0.2, 0.25) is 6.71 Å². The third-order valence-corrected chi connectivity index (χ3v) is 22.3. The van der Waals surface area contributed by atoms with Crippen LogP contribution < -0.4 is 63.9 Å². The van der Waals surface area contributed by atoms with Gasteiger partial charge in [0, 0.05) is 121 Å². The van der Waals surface area contributed by atoms with Crippen molar-refractivity contribution in [2.45, 2.75) is 262 Å². The van der Waals surface area contributed by atoms with Crippen LogP contribution in [0.15, 0.2) is 300 Å². The van der Waals surface area contributed by atoms with Crippen LogP contribution in [0.5, 0.6) is 0 Å². The van der Waals surface area contributed by atoms with Crippen molar-refractivity contribution in [3.63, 3.8) is 0 Å². The number of fused-ring (bicyclic) bond motifs is 15. The zero-order chi connectivity index (χ0) is 101. The minimum atomic E-state index is -0.0419. The molecular formula is C128H162B3N3O2S2Y3-6. The Hall–Kier alpha value is -8.23. The zero-order valence-corrected chi connectivity index (χ0v) is 101. The van der Waals surface area contributed by atoms with Gasteiger partial charge in [0.25, 0.3) is 0 Å². The number of allylic oxidation sites excluding steroid dienone is 3. The maximum Gasteiger partial charge on any atom is 0.203 e. The minimum absolute atomic E-state index is 0. The van der Waals surface area contributed by atoms with E-state index in [2.05, 4.69) is 474 Å². The van der Waals surface area contributed by atoms with Crippen molar-refractivity contribution < 1.29 is 107 Å². The molecule has 0 fully saturated rings. The monoisotopic (exact) mass is 2140 g/mol. The van der Waals surface area contributed by atoms with Crippen molar-refractivity contribution >= 4 is 186 Å². The number of para-hydroxylation sites is 3. The smallest absolute Gasteiger partial charge is 0.203 e. The Labute approximate surface area is 941 Å². The third kappa shape index (κ3) is 38.3. The van der Waals surface area contributed by atoms with Crippen molar-refractivity contribution in [1.82, 2.24) is 0 Å². The topological polar surface area (TPSA) is 36.0 Å². The Bertz CT molecular complexity index is 5680. The number of rotatable bonds is 3. The summed E-state index contributed by atoms with van der Waals surface area (Å²) >= 11 is 3.60. The van der Waals surface area contributed by atoms with E-state index in [4.69, 9.17) is 8.83 Å². The summed E-state index contributed by atoms with van der Waals surface area (Å²) in [6, 6.07) is 109. The summed E-state index contributed by atoms with van der Waals surface area (Å²) in [6.07, 6.45) is 34.7. The number of hydrogen-bond donors (Lipinski definition) is 0. The fraction of sp³-hybridized carbons (Fsp3) is 0.328. The second-order valence-electron chi connectivity index (χ2n) is 34.5. The van der Waals surface area contributed by atoms with Gasteiger partial charge >= 0.3 is 0 Å². The molecule has 0 saturated heterocycles. The predicted octanol–water partition coefficient (Wildman–Crippen LogP) is 33.3. The Balaban J connectivity index is 0.000000550. The maximum absolute atomic E-state index is 6.27. The van der Waals surface area contributed by atoms with E-state index in [1.54, 1.807) is 11.3 Å². The summed E-state index contributed by atoms with van der Waals surface area (Å²) < 4.78 is 14.7. The molecule has 0 amide bonds. The quantitative estimate of drug-likeness (QED) is 0.130. The first-order valence-corrected chi connectivity index (χ1v) is 53.3. The van der Waals surface area contributed by atoms with E-state index < -0.39 is 0 Å². The SMILES string of the molecule is C1=Cc2ccccc2C1.C1=Cc2ccccc2C1.C1=Cc2ccccc2C1.CCC.CCC.CCC.CCC.CCC.CCC.CCC.CCC.CCC.CCC.CCC.CCC.CN1c2ccc[c-]c2B(c2[c-]cccc2)c2ccccc21.CN1c2ccc[c-]c2B(c2[c-]oc3ccccc23)c2c1oc1ccccc21.CN1c2ccc[c-]c2B(c2[c-]sc3ccccc23)c2c1sc1ccccc21.[Y].[Y].[Y]. The fourth-order valence-corrected chi connectivity index (χ4v) is 17.4. The standard InChI is InChI=1S/C23H14BNO2.C23H14BNS2.C19H14BN.3C9H8.12C3H8.3Y/c2*1-25-19-11-5-4-10-17(19)24(18-14-26-20-12-6-2-8-15(18)20)22-16-9-3-7-13-21(16)27-23(22)25;1-21-18-13-7-5-11-16(18)20(15-9-3-2-4-10-15)17-12-6-8-14-19(17)21;3*1-2-5-9-7-3-6-8(9)4-1;12*1-3-2;;;/h2*2-9,11-13H,1H3;2-9,11,13-14H,1H3;3*1-6H,7H2;12*3H2,1-2H3;;;/q3*-2;;;;;;;;;;;;;;;;;;. The molecule has 4 aromatic heterocycles. The molecule has 3 aliphatic heterocycles. The first-order valence-electron chi connectivity index (χ1n) is 51.7. The zero-order valence-electron chi connectivity index (χ0n) is 91.0. The number of hydrogen-bond acceptors (Lipinski definition) is 7. The van der Waals surface area contributed by atoms with E-state index in [9.17, 15) is 0 Å². The van der Waals surface area contributed by atoms with Crippen LogP contribution in [0.2, 0.25) is 0 Å². The van der Waals surface area contributed by atoms with Crippen molar-refractivity contribution in [3.8, 4) is 0 Å². The van der Waals surface area contributed by atoms with Crippen molar-refractivity contribution in [2.75, 3.05) is 35.8 Å². The number of thiophene rings is 2. The van der Waals surface area contributed by atoms with Crippen molar-refractivity contribution in [2.24, 2.45) is 0 Å². The molecular weight excluding hydrogens is 1970 g/mol. The second-order valence-corrected chi connectivity index (χ2v) is 36.4. The molecule has 22 rings (SSSR count). The number of benzene rings is 12. The van der Waals surface area contributed by atoms with Crippen molar-refractivity contribution in [3.05, 3.63) is 361 Å². The second kappa shape index (κ2) is 75.5. The molecule has 12 aromatic carbocycles. The Morgan fingerprint density at radius 1 is 0.291 bits per heavy atom. The normalized spacial score (nSPS) is 11.1. The van der Waals surface area contributed by atoms with Crippen LogP contribution in [0.25, 0.3) is 60.3 Å². The first kappa shape index (κ1) is 129. The molecule has 7 heterocycles. The Kier molecular flexibility index (Phi) is 69.0. The molecule has 141 heavy (non-hydrogen) atoms. The van der Waals surface area contributed by atoms with Gasteiger partial charge in [0.15, 0.2) is 19.3 Å². The molecule has 0 atom stereocenters. The summed E-state index contributed by atoms with van der Waals surface area (Å²) in [5.41, 5.74) is 26.0. The van der Waals surface area contributed by atoms with Gasteiger partial charge in [-0.05, 0) is 113 Å². The van der Waals surface area contributed by atoms with E-state index in [1.807, 2.05) is 85.1 Å². The van der Waals surface area contributed by atoms with Gasteiger partial charge in [-0.1, -0.05) is 460 Å². The molecule has 0 bridgehead atoms. The van der Waals surface area contributed by atoms with Crippen LogP contribution in [0.4, 0.5) is 33.6 Å². The third-order valence-electron chi connectivity index (χ3n) is 20.2. The molecule has 0 unspecified atom stereocenters. The predicted molar refractivity (Wildman–Crippen MR) is 629 cm³/mol. The Morgan fingerprint density at radius 2 is 0.638 bits per heavy atom. The van der Waals surface area contributed by atoms with Crippen LogP contribution >= 0.6 is 22.7 Å². The molecule has 16 aromatic rings. The van der Waals surface area contributed by atoms with Crippen LogP contribution in [0, 0.1) is 35.9 Å². The molecule has 0 spiro atoms. The van der Waals surface area contributed by atoms with Gasteiger partial charge in [-0.25, -0.2) is 0 Å². The molecule has 13 heteroatoms. The largest absolute Gasteiger partial charge is 0.592 e. The van der Waals surface area contributed by atoms with Gasteiger partial charge < -0.3 is 23.5 Å². The van der Waals surface area contributed by atoms with E-state index in [0.29, 0.717) is 0 Å². The van der Waals surface area contributed by atoms with Crippen LogP contribution in [-0.2, 0) is 117 Å². The van der Waals surface area contributed by atoms with Gasteiger partial charge in [-0.2, -0.15) is 118 Å². The number of furan rings is 2.